The van der Waals surface area contributed by atoms with Gasteiger partial charge >= 0.3 is 0 Å². The number of fused-ring (bicyclic) bond motifs is 2. The van der Waals surface area contributed by atoms with Crippen LogP contribution >= 0.6 is 12.2 Å². The summed E-state index contributed by atoms with van der Waals surface area (Å²) in [6, 6.07) is 5.43. The lowest BCUT2D eigenvalue weighted by Crippen LogP contribution is -2.11. The van der Waals surface area contributed by atoms with Crippen LogP contribution in [0.3, 0.4) is 0 Å². The van der Waals surface area contributed by atoms with Gasteiger partial charge in [0.15, 0.2) is 0 Å². The second kappa shape index (κ2) is 4.21. The molecule has 3 rings (SSSR count). The number of hydrogen-bond acceptors (Lipinski definition) is 2. The highest BCUT2D eigenvalue weighted by Crippen LogP contribution is 2.26. The summed E-state index contributed by atoms with van der Waals surface area (Å²) >= 11 is 5.55. The Morgan fingerprint density at radius 3 is 2.83 bits per heavy atom. The highest BCUT2D eigenvalue weighted by Gasteiger charge is 2.14. The Balaban J connectivity index is 2.33. The minimum absolute atomic E-state index is 0.413. The molecule has 0 atom stereocenters. The molecule has 1 aliphatic rings. The van der Waals surface area contributed by atoms with Crippen LogP contribution < -0.4 is 5.73 Å². The number of aromatic amines is 1. The van der Waals surface area contributed by atoms with E-state index >= 15 is 0 Å². The SMILES string of the molecule is NC(=O)c1ccc2[nH]c3c(c(=S)c2c1)CCCC3. The van der Waals surface area contributed by atoms with Crippen molar-refractivity contribution in [2.24, 2.45) is 5.73 Å². The van der Waals surface area contributed by atoms with Crippen LogP contribution in [0.15, 0.2) is 18.2 Å². The number of primary amides is 1. The Bertz CT molecular complexity index is 703. The number of carbonyl (C=O) groups excluding carboxylic acids is 1. The first-order valence-corrected chi connectivity index (χ1v) is 6.55. The van der Waals surface area contributed by atoms with Crippen molar-refractivity contribution < 1.29 is 4.79 Å². The number of amides is 1. The fourth-order valence-corrected chi connectivity index (χ4v) is 3.01. The van der Waals surface area contributed by atoms with Crippen molar-refractivity contribution in [3.05, 3.63) is 39.5 Å². The van der Waals surface area contributed by atoms with Gasteiger partial charge in [-0.05, 0) is 49.4 Å². The number of hydrogen-bond donors (Lipinski definition) is 2. The van der Waals surface area contributed by atoms with Gasteiger partial charge in [0.1, 0.15) is 0 Å². The first-order chi connectivity index (χ1) is 8.66. The van der Waals surface area contributed by atoms with Crippen molar-refractivity contribution in [1.82, 2.24) is 4.98 Å². The summed E-state index contributed by atoms with van der Waals surface area (Å²) in [6.45, 7) is 0. The quantitative estimate of drug-likeness (QED) is 0.773. The molecule has 4 heteroatoms. The number of H-pyrrole nitrogens is 1. The van der Waals surface area contributed by atoms with Crippen molar-refractivity contribution in [2.75, 3.05) is 0 Å². The molecule has 0 unspecified atom stereocenters. The minimum atomic E-state index is -0.413. The number of pyridine rings is 1. The molecular formula is C14H14N2OS. The molecule has 18 heavy (non-hydrogen) atoms. The molecule has 1 aromatic heterocycles. The zero-order valence-corrected chi connectivity index (χ0v) is 10.8. The average Bonchev–Trinajstić information content (AvgIpc) is 2.38. The van der Waals surface area contributed by atoms with Gasteiger partial charge in [-0.2, -0.15) is 0 Å². The average molecular weight is 258 g/mol. The van der Waals surface area contributed by atoms with Gasteiger partial charge in [-0.3, -0.25) is 4.79 Å². The summed E-state index contributed by atoms with van der Waals surface area (Å²) in [7, 11) is 0. The predicted molar refractivity (Wildman–Crippen MR) is 74.3 cm³/mol. The Kier molecular flexibility index (Phi) is 2.67. The van der Waals surface area contributed by atoms with E-state index in [1.165, 1.54) is 24.1 Å². The van der Waals surface area contributed by atoms with Crippen molar-refractivity contribution in [2.45, 2.75) is 25.7 Å². The summed E-state index contributed by atoms with van der Waals surface area (Å²) in [5.74, 6) is -0.413. The molecule has 2 aromatic rings. The first-order valence-electron chi connectivity index (χ1n) is 6.14. The number of aromatic nitrogens is 1. The lowest BCUT2D eigenvalue weighted by Gasteiger charge is -2.17. The molecule has 1 heterocycles. The molecule has 1 aliphatic carbocycles. The van der Waals surface area contributed by atoms with Crippen LogP contribution in [0.25, 0.3) is 10.9 Å². The lowest BCUT2D eigenvalue weighted by atomic mass is 9.94. The lowest BCUT2D eigenvalue weighted by molar-refractivity contribution is 0.100. The van der Waals surface area contributed by atoms with Crippen LogP contribution in [0.2, 0.25) is 0 Å². The number of rotatable bonds is 1. The number of aryl methyl sites for hydroxylation is 1. The van der Waals surface area contributed by atoms with E-state index in [0.717, 1.165) is 28.3 Å². The maximum atomic E-state index is 11.2. The molecule has 3 nitrogen and oxygen atoms in total. The van der Waals surface area contributed by atoms with Gasteiger partial charge in [-0.1, -0.05) is 12.2 Å². The summed E-state index contributed by atoms with van der Waals surface area (Å²) in [5.41, 5.74) is 9.31. The second-order valence-electron chi connectivity index (χ2n) is 4.74. The molecule has 0 bridgehead atoms. The summed E-state index contributed by atoms with van der Waals surface area (Å²) in [6.07, 6.45) is 4.49. The predicted octanol–water partition coefficient (Wildman–Crippen LogP) is 2.88. The number of carbonyl (C=O) groups is 1. The monoisotopic (exact) mass is 258 g/mol. The van der Waals surface area contributed by atoms with E-state index in [4.69, 9.17) is 18.0 Å². The molecule has 0 fully saturated rings. The van der Waals surface area contributed by atoms with Crippen molar-refractivity contribution in [1.29, 1.82) is 0 Å². The molecule has 3 N–H and O–H groups in total. The van der Waals surface area contributed by atoms with E-state index in [9.17, 15) is 4.79 Å². The Morgan fingerprint density at radius 1 is 1.28 bits per heavy atom. The fraction of sp³-hybridized carbons (Fsp3) is 0.286. The second-order valence-corrected chi connectivity index (χ2v) is 5.15. The molecule has 0 saturated heterocycles. The van der Waals surface area contributed by atoms with Crippen LogP contribution in [-0.2, 0) is 12.8 Å². The third kappa shape index (κ3) is 1.73. The molecule has 0 radical (unpaired) electrons. The molecule has 0 aliphatic heterocycles. The normalized spacial score (nSPS) is 14.4. The van der Waals surface area contributed by atoms with Crippen LogP contribution in [0, 0.1) is 4.51 Å². The van der Waals surface area contributed by atoms with Crippen molar-refractivity contribution in [3.63, 3.8) is 0 Å². The van der Waals surface area contributed by atoms with Crippen LogP contribution in [-0.4, -0.2) is 10.9 Å². The van der Waals surface area contributed by atoms with Gasteiger partial charge < -0.3 is 10.7 Å². The largest absolute Gasteiger partial charge is 0.366 e. The van der Waals surface area contributed by atoms with Gasteiger partial charge in [0, 0.05) is 22.2 Å². The van der Waals surface area contributed by atoms with E-state index < -0.39 is 5.91 Å². The molecule has 0 saturated carbocycles. The Hall–Kier alpha value is -1.68. The molecule has 1 amide bonds. The third-order valence-corrected chi connectivity index (χ3v) is 4.04. The van der Waals surface area contributed by atoms with E-state index in [1.807, 2.05) is 6.07 Å². The van der Waals surface area contributed by atoms with E-state index in [2.05, 4.69) is 4.98 Å². The summed E-state index contributed by atoms with van der Waals surface area (Å²) in [4.78, 5) is 14.7. The van der Waals surface area contributed by atoms with E-state index in [0.29, 0.717) is 5.56 Å². The highest BCUT2D eigenvalue weighted by atomic mass is 32.1. The van der Waals surface area contributed by atoms with Crippen molar-refractivity contribution >= 4 is 29.0 Å². The van der Waals surface area contributed by atoms with Gasteiger partial charge in [0.05, 0.1) is 4.51 Å². The first kappa shape index (κ1) is 11.4. The van der Waals surface area contributed by atoms with Crippen LogP contribution in [0.4, 0.5) is 0 Å². The molecule has 92 valence electrons. The number of nitrogens with one attached hydrogen (secondary N) is 1. The molecular weight excluding hydrogens is 244 g/mol. The smallest absolute Gasteiger partial charge is 0.248 e. The Morgan fingerprint density at radius 2 is 2.06 bits per heavy atom. The van der Waals surface area contributed by atoms with Gasteiger partial charge in [0.2, 0.25) is 5.91 Å². The Labute approximate surface area is 110 Å². The standard InChI is InChI=1S/C14H14N2OS/c15-14(17)8-5-6-12-10(7-8)13(18)9-3-1-2-4-11(9)16-12/h5-7H,1-4H2,(H2,15,17)(H,16,18). The summed E-state index contributed by atoms with van der Waals surface area (Å²) in [5, 5.41) is 0.932. The van der Waals surface area contributed by atoms with Crippen LogP contribution in [0.1, 0.15) is 34.5 Å². The fourth-order valence-electron chi connectivity index (χ4n) is 2.61. The van der Waals surface area contributed by atoms with Crippen molar-refractivity contribution in [3.8, 4) is 0 Å². The van der Waals surface area contributed by atoms with Gasteiger partial charge in [-0.15, -0.1) is 0 Å². The highest BCUT2D eigenvalue weighted by molar-refractivity contribution is 7.71. The summed E-state index contributed by atoms with van der Waals surface area (Å²) < 4.78 is 0.876. The van der Waals surface area contributed by atoms with Gasteiger partial charge in [-0.25, -0.2) is 0 Å². The zero-order chi connectivity index (χ0) is 12.7. The third-order valence-electron chi connectivity index (χ3n) is 3.58. The zero-order valence-electron chi connectivity index (χ0n) is 9.95. The number of benzene rings is 1. The number of nitrogens with two attached hydrogens (primary N) is 1. The van der Waals surface area contributed by atoms with E-state index in [1.54, 1.807) is 12.1 Å². The molecule has 1 aromatic carbocycles. The molecule has 0 spiro atoms. The van der Waals surface area contributed by atoms with Crippen LogP contribution in [0.5, 0.6) is 0 Å². The minimum Gasteiger partial charge on any atom is -0.366 e. The maximum Gasteiger partial charge on any atom is 0.248 e. The van der Waals surface area contributed by atoms with Gasteiger partial charge in [0.25, 0.3) is 0 Å². The maximum absolute atomic E-state index is 11.2. The topological polar surface area (TPSA) is 58.9 Å². The van der Waals surface area contributed by atoms with E-state index in [-0.39, 0.29) is 0 Å².